The molecule has 0 aliphatic heterocycles. The van der Waals surface area contributed by atoms with Gasteiger partial charge in [0.1, 0.15) is 0 Å². The third kappa shape index (κ3) is 50.2. The summed E-state index contributed by atoms with van der Waals surface area (Å²) < 4.78 is 0. The van der Waals surface area contributed by atoms with Crippen LogP contribution in [0.3, 0.4) is 0 Å². The van der Waals surface area contributed by atoms with Crippen LogP contribution in [0.1, 0.15) is 151 Å². The number of benzene rings is 4. The summed E-state index contributed by atoms with van der Waals surface area (Å²) in [6, 6.07) is 30.0. The number of nitrogens with zero attached hydrogens (tertiary/aromatic N) is 8. The van der Waals surface area contributed by atoms with E-state index in [0.29, 0.717) is 72.6 Å². The van der Waals surface area contributed by atoms with Crippen LogP contribution < -0.4 is 40.9 Å². The van der Waals surface area contributed by atoms with E-state index in [2.05, 4.69) is 20.0 Å². The number of likely N-dealkylation sites (N-methyl/N-ethyl adjacent to an activating group) is 4. The molecular weight excluding hydrogens is 1310 g/mol. The first-order valence-corrected chi connectivity index (χ1v) is 30.6. The van der Waals surface area contributed by atoms with E-state index < -0.39 is 0 Å². The van der Waals surface area contributed by atoms with E-state index in [0.717, 1.165) is 0 Å². The van der Waals surface area contributed by atoms with Crippen molar-refractivity contribution in [2.24, 2.45) is 20.0 Å². The monoisotopic (exact) mass is 1410 g/mol. The van der Waals surface area contributed by atoms with E-state index in [1.165, 1.54) is 128 Å². The molecule has 4 aliphatic carbocycles. The van der Waals surface area contributed by atoms with Gasteiger partial charge in [0, 0.05) is 49.0 Å². The minimum Gasteiger partial charge on any atom is -0.872 e. The zero-order valence-corrected chi connectivity index (χ0v) is 57.5. The molecule has 4 aromatic carbocycles. The van der Waals surface area contributed by atoms with Crippen LogP contribution in [-0.2, 0) is 68.3 Å². The molecule has 4 fully saturated rings. The van der Waals surface area contributed by atoms with Crippen LogP contribution >= 0.6 is 0 Å². The molecule has 4 aliphatic rings. The fourth-order valence-corrected chi connectivity index (χ4v) is 8.74. The zero-order chi connectivity index (χ0) is 62.0. The van der Waals surface area contributed by atoms with Gasteiger partial charge in [-0.2, -0.15) is 0 Å². The van der Waals surface area contributed by atoms with Crippen molar-refractivity contribution in [1.29, 1.82) is 0 Å². The summed E-state index contributed by atoms with van der Waals surface area (Å²) >= 11 is 0. The van der Waals surface area contributed by atoms with E-state index in [1.807, 2.05) is 125 Å². The summed E-state index contributed by atoms with van der Waals surface area (Å²) in [6.07, 6.45) is 32.0. The van der Waals surface area contributed by atoms with Crippen LogP contribution in [0.15, 0.2) is 117 Å². The molecule has 8 rings (SSSR count). The van der Waals surface area contributed by atoms with Crippen molar-refractivity contribution in [3.8, 4) is 23.0 Å². The molecule has 4 aromatic rings. The summed E-state index contributed by atoms with van der Waals surface area (Å²) in [5.74, 6) is 0.267. The Morgan fingerprint density at radius 3 is 0.580 bits per heavy atom. The van der Waals surface area contributed by atoms with Crippen LogP contribution in [0.2, 0.25) is 0 Å². The number of hydrogen-bond acceptors (Lipinski definition) is 16. The first kappa shape index (κ1) is 90.9. The number of rotatable bonds is 16. The molecule has 0 spiro atoms. The van der Waals surface area contributed by atoms with Crippen LogP contribution in [0.25, 0.3) is 0 Å². The molecule has 0 atom stereocenters. The van der Waals surface area contributed by atoms with Crippen molar-refractivity contribution < 1.29 is 109 Å². The van der Waals surface area contributed by atoms with Crippen molar-refractivity contribution in [2.75, 3.05) is 109 Å². The van der Waals surface area contributed by atoms with Gasteiger partial charge in [-0.3, -0.25) is 20.0 Å². The quantitative estimate of drug-likeness (QED) is 0.0973. The summed E-state index contributed by atoms with van der Waals surface area (Å²) in [4.78, 5) is 25.4. The Kier molecular flexibility index (Phi) is 63.1. The molecule has 0 N–H and O–H groups in total. The van der Waals surface area contributed by atoms with Crippen molar-refractivity contribution >= 4 is 24.9 Å². The SMILES string of the molecule is CN(C)CC[O-].CN(C)CC[O-].CN(C)CC[O-].CN(C)CC[O-].[Cu+2].[Cu+2].[Cu+2].[Cu+2].[O-]c1ccccc1C=NC1CCCCC1.[O-]c1ccccc1C=NC1CCCCC1.[O-]c1ccccc1C=NC1CCCCC1.[O-]c1ccccc1C=NC1CCCCC1. The van der Waals surface area contributed by atoms with Gasteiger partial charge in [0.05, 0.1) is 0 Å². The molecule has 16 nitrogen and oxygen atoms in total. The molecule has 4 saturated carbocycles. The topological polar surface area (TPSA) is 247 Å². The Morgan fingerprint density at radius 1 is 0.295 bits per heavy atom. The smallest absolute Gasteiger partial charge is 0.872 e. The molecule has 0 bridgehead atoms. The molecule has 0 heterocycles. The van der Waals surface area contributed by atoms with Crippen LogP contribution in [0, 0.1) is 0 Å². The molecular formula is C68H104Cu4N8O8. The molecule has 0 saturated heterocycles. The Morgan fingerprint density at radius 2 is 0.455 bits per heavy atom. The standard InChI is InChI=1S/4C13H17NO.4C4H10NO.4Cu/c4*15-13-9-5-4-6-11(13)10-14-12-7-2-1-3-8-12;4*1-5(2)3-4-6;;;;/h4*4-6,9-10,12,15H,1-3,7-8H2;4*3-4H2,1-2H3;;;;/q;;;;4*-1;4*+2/p-4. The van der Waals surface area contributed by atoms with Gasteiger partial charge in [0.25, 0.3) is 0 Å². The second-order valence-electron chi connectivity index (χ2n) is 22.5. The minimum atomic E-state index is 0. The summed E-state index contributed by atoms with van der Waals surface area (Å²) in [5.41, 5.74) is 2.84. The van der Waals surface area contributed by atoms with Gasteiger partial charge in [-0.25, -0.2) is 0 Å². The number of para-hydroxylation sites is 4. The number of hydrogen-bond donors (Lipinski definition) is 0. The van der Waals surface area contributed by atoms with Crippen LogP contribution in [-0.4, -0.2) is 178 Å². The van der Waals surface area contributed by atoms with Crippen molar-refractivity contribution in [3.63, 3.8) is 0 Å². The minimum absolute atomic E-state index is 0. The van der Waals surface area contributed by atoms with Gasteiger partial charge in [-0.1, -0.05) is 174 Å². The van der Waals surface area contributed by atoms with Gasteiger partial charge in [-0.05, 0) is 156 Å². The molecule has 4 radical (unpaired) electrons. The fourth-order valence-electron chi connectivity index (χ4n) is 8.74. The predicted molar refractivity (Wildman–Crippen MR) is 335 cm³/mol. The average molecular weight is 1420 g/mol. The second-order valence-corrected chi connectivity index (χ2v) is 22.5. The molecule has 20 heteroatoms. The Bertz CT molecular complexity index is 1990. The van der Waals surface area contributed by atoms with Gasteiger partial charge in [0.15, 0.2) is 0 Å². The first-order chi connectivity index (χ1) is 40.5. The van der Waals surface area contributed by atoms with Crippen LogP contribution in [0.4, 0.5) is 0 Å². The van der Waals surface area contributed by atoms with Gasteiger partial charge in [0.2, 0.25) is 0 Å². The fraction of sp³-hybridized carbons (Fsp3) is 0.588. The average Bonchev–Trinajstić information content (AvgIpc) is 3.51. The van der Waals surface area contributed by atoms with Crippen molar-refractivity contribution in [2.45, 2.75) is 153 Å². The Balaban J connectivity index is -0.000000471. The summed E-state index contributed by atoms with van der Waals surface area (Å²) in [7, 11) is 15.1. The molecule has 0 aromatic heterocycles. The summed E-state index contributed by atoms with van der Waals surface area (Å²) in [6.45, 7) is 2.64. The third-order valence-electron chi connectivity index (χ3n) is 13.8. The summed E-state index contributed by atoms with van der Waals surface area (Å²) in [5, 5.41) is 84.4. The maximum atomic E-state index is 11.4. The van der Waals surface area contributed by atoms with E-state index in [1.54, 1.807) is 73.4 Å². The number of aliphatic imine (C=N–C) groups is 4. The first-order valence-electron chi connectivity index (χ1n) is 30.6. The van der Waals surface area contributed by atoms with Crippen molar-refractivity contribution in [1.82, 2.24) is 19.6 Å². The van der Waals surface area contributed by atoms with Gasteiger partial charge >= 0.3 is 68.3 Å². The second kappa shape index (κ2) is 61.0. The molecule has 0 unspecified atom stereocenters. The van der Waals surface area contributed by atoms with E-state index in [-0.39, 0.29) is 118 Å². The van der Waals surface area contributed by atoms with E-state index in [9.17, 15) is 40.9 Å². The van der Waals surface area contributed by atoms with Gasteiger partial charge in [-0.15, -0.1) is 49.4 Å². The van der Waals surface area contributed by atoms with Crippen molar-refractivity contribution in [3.05, 3.63) is 119 Å². The van der Waals surface area contributed by atoms with Crippen LogP contribution in [0.5, 0.6) is 23.0 Å². The third-order valence-corrected chi connectivity index (χ3v) is 13.8. The van der Waals surface area contributed by atoms with Gasteiger partial charge < -0.3 is 60.5 Å². The molecule has 508 valence electrons. The molecule has 0 amide bonds. The maximum Gasteiger partial charge on any atom is 2.00 e. The largest absolute Gasteiger partial charge is 2.00 e. The Hall–Kier alpha value is -3.48. The Labute approximate surface area is 573 Å². The zero-order valence-electron chi connectivity index (χ0n) is 53.7. The molecule has 88 heavy (non-hydrogen) atoms. The predicted octanol–water partition coefficient (Wildman–Crippen LogP) is 5.67. The van der Waals surface area contributed by atoms with E-state index >= 15 is 0 Å². The normalized spacial score (nSPS) is 15.3. The maximum absolute atomic E-state index is 11.4. The van der Waals surface area contributed by atoms with E-state index in [4.69, 9.17) is 0 Å².